The van der Waals surface area contributed by atoms with Crippen molar-refractivity contribution in [2.75, 3.05) is 13.2 Å². The molecule has 0 heterocycles. The second kappa shape index (κ2) is 6.85. The second-order valence-corrected chi connectivity index (χ2v) is 5.82. The van der Waals surface area contributed by atoms with Crippen molar-refractivity contribution >= 4 is 27.6 Å². The lowest BCUT2D eigenvalue weighted by atomic mass is 10.4. The summed E-state index contributed by atoms with van der Waals surface area (Å²) < 4.78 is 30.9. The van der Waals surface area contributed by atoms with Gasteiger partial charge in [0.15, 0.2) is 6.10 Å². The number of sulfonamides is 1. The number of carbonyl (C=O) groups is 1. The lowest BCUT2D eigenvalue weighted by molar-refractivity contribution is -0.148. The van der Waals surface area contributed by atoms with Crippen molar-refractivity contribution < 1.29 is 23.1 Å². The highest BCUT2D eigenvalue weighted by molar-refractivity contribution is 7.89. The van der Waals surface area contributed by atoms with Gasteiger partial charge < -0.3 is 9.84 Å². The Bertz CT molecular complexity index is 546. The van der Waals surface area contributed by atoms with Gasteiger partial charge in [0, 0.05) is 6.54 Å². The Hall–Kier alpha value is -1.15. The zero-order chi connectivity index (χ0) is 14.5. The summed E-state index contributed by atoms with van der Waals surface area (Å²) in [5.74, 6) is -1.10. The van der Waals surface area contributed by atoms with Crippen LogP contribution in [0.4, 0.5) is 0 Å². The monoisotopic (exact) mass is 307 g/mol. The zero-order valence-electron chi connectivity index (χ0n) is 10.2. The number of halogens is 1. The molecule has 0 aliphatic heterocycles. The van der Waals surface area contributed by atoms with Gasteiger partial charge in [-0.15, -0.1) is 0 Å². The highest BCUT2D eigenvalue weighted by atomic mass is 35.5. The number of benzene rings is 1. The summed E-state index contributed by atoms with van der Waals surface area (Å²) >= 11 is 5.79. The van der Waals surface area contributed by atoms with Crippen molar-refractivity contribution in [3.8, 4) is 0 Å². The Labute approximate surface area is 116 Å². The number of ether oxygens (including phenoxy) is 1. The summed E-state index contributed by atoms with van der Waals surface area (Å²) in [6.45, 7) is 1.28. The lowest BCUT2D eigenvalue weighted by Crippen LogP contribution is -2.30. The van der Waals surface area contributed by atoms with Gasteiger partial charge in [-0.3, -0.25) is 0 Å². The van der Waals surface area contributed by atoms with E-state index in [4.69, 9.17) is 21.4 Å². The average molecular weight is 308 g/mol. The molecule has 1 atom stereocenters. The van der Waals surface area contributed by atoms with Gasteiger partial charge in [-0.2, -0.15) is 0 Å². The molecule has 0 fully saturated rings. The first kappa shape index (κ1) is 15.9. The van der Waals surface area contributed by atoms with Gasteiger partial charge in [0.25, 0.3) is 0 Å². The molecule has 0 aliphatic carbocycles. The highest BCUT2D eigenvalue weighted by Crippen LogP contribution is 2.19. The molecule has 19 heavy (non-hydrogen) atoms. The largest absolute Gasteiger partial charge is 0.479 e. The van der Waals surface area contributed by atoms with Gasteiger partial charge in [0.2, 0.25) is 10.0 Å². The molecule has 1 unspecified atom stereocenters. The van der Waals surface area contributed by atoms with Crippen molar-refractivity contribution in [3.05, 3.63) is 29.3 Å². The Morgan fingerprint density at radius 1 is 1.47 bits per heavy atom. The van der Waals surface area contributed by atoms with E-state index in [1.807, 2.05) is 0 Å². The smallest absolute Gasteiger partial charge is 0.332 e. The summed E-state index contributed by atoms with van der Waals surface area (Å²) in [6.07, 6.45) is -0.982. The fraction of sp³-hybridized carbons (Fsp3) is 0.364. The summed E-state index contributed by atoms with van der Waals surface area (Å²) in [5, 5.41) is 8.69. The van der Waals surface area contributed by atoms with Crippen LogP contribution in [-0.4, -0.2) is 38.7 Å². The van der Waals surface area contributed by atoms with Gasteiger partial charge in [-0.05, 0) is 19.1 Å². The van der Waals surface area contributed by atoms with Crippen molar-refractivity contribution in [2.24, 2.45) is 0 Å². The van der Waals surface area contributed by atoms with Crippen LogP contribution in [0.2, 0.25) is 5.02 Å². The van der Waals surface area contributed by atoms with Gasteiger partial charge in [-0.25, -0.2) is 17.9 Å². The molecule has 0 bridgehead atoms. The van der Waals surface area contributed by atoms with Crippen LogP contribution >= 0.6 is 11.6 Å². The number of carboxylic acids is 1. The molecule has 0 spiro atoms. The molecular weight excluding hydrogens is 294 g/mol. The van der Waals surface area contributed by atoms with E-state index in [0.29, 0.717) is 0 Å². The molecule has 106 valence electrons. The Morgan fingerprint density at radius 3 is 2.68 bits per heavy atom. The molecule has 0 radical (unpaired) electrons. The van der Waals surface area contributed by atoms with Crippen LogP contribution in [0.3, 0.4) is 0 Å². The summed E-state index contributed by atoms with van der Waals surface area (Å²) in [4.78, 5) is 10.5. The number of hydrogen-bond donors (Lipinski definition) is 2. The first-order valence-electron chi connectivity index (χ1n) is 5.43. The van der Waals surface area contributed by atoms with E-state index in [1.165, 1.54) is 19.1 Å². The summed E-state index contributed by atoms with van der Waals surface area (Å²) in [6, 6.07) is 6.03. The molecule has 0 aliphatic rings. The molecule has 0 aromatic heterocycles. The predicted molar refractivity (Wildman–Crippen MR) is 69.7 cm³/mol. The minimum Gasteiger partial charge on any atom is -0.479 e. The van der Waals surface area contributed by atoms with Crippen molar-refractivity contribution in [2.45, 2.75) is 17.9 Å². The minimum atomic E-state index is -3.72. The minimum absolute atomic E-state index is 0.0250. The fourth-order valence-electron chi connectivity index (χ4n) is 1.22. The van der Waals surface area contributed by atoms with Crippen molar-refractivity contribution in [1.29, 1.82) is 0 Å². The quantitative estimate of drug-likeness (QED) is 0.736. The number of nitrogens with one attached hydrogen (secondary N) is 1. The van der Waals surface area contributed by atoms with Crippen molar-refractivity contribution in [3.63, 3.8) is 0 Å². The molecular formula is C11H14ClNO5S. The third-order valence-corrected chi connectivity index (χ3v) is 4.20. The van der Waals surface area contributed by atoms with E-state index in [1.54, 1.807) is 12.1 Å². The van der Waals surface area contributed by atoms with Crippen LogP contribution in [0, 0.1) is 0 Å². The van der Waals surface area contributed by atoms with Crippen molar-refractivity contribution in [1.82, 2.24) is 4.72 Å². The first-order chi connectivity index (χ1) is 8.84. The molecule has 8 heteroatoms. The SMILES string of the molecule is CC(OCCNS(=O)(=O)c1ccccc1Cl)C(=O)O. The maximum absolute atomic E-state index is 11.9. The fourth-order valence-corrected chi connectivity index (χ4v) is 2.75. The van der Waals surface area contributed by atoms with Crippen LogP contribution < -0.4 is 4.72 Å². The number of rotatable bonds is 7. The molecule has 1 aromatic carbocycles. The van der Waals surface area contributed by atoms with E-state index >= 15 is 0 Å². The number of aliphatic carboxylic acids is 1. The van der Waals surface area contributed by atoms with E-state index in [9.17, 15) is 13.2 Å². The van der Waals surface area contributed by atoms with E-state index in [2.05, 4.69) is 4.72 Å². The Morgan fingerprint density at radius 2 is 2.11 bits per heavy atom. The van der Waals surface area contributed by atoms with Crippen LogP contribution in [0.5, 0.6) is 0 Å². The highest BCUT2D eigenvalue weighted by Gasteiger charge is 2.17. The summed E-state index contributed by atoms with van der Waals surface area (Å²) in [5.41, 5.74) is 0. The van der Waals surface area contributed by atoms with E-state index in [-0.39, 0.29) is 23.1 Å². The third kappa shape index (κ3) is 4.79. The normalized spacial score (nSPS) is 13.2. The third-order valence-electron chi connectivity index (χ3n) is 2.24. The van der Waals surface area contributed by atoms with Crippen LogP contribution in [0.25, 0.3) is 0 Å². The van der Waals surface area contributed by atoms with Crippen LogP contribution in [-0.2, 0) is 19.6 Å². The predicted octanol–water partition coefficient (Wildman–Crippen LogP) is 1.11. The second-order valence-electron chi connectivity index (χ2n) is 3.68. The van der Waals surface area contributed by atoms with Gasteiger partial charge >= 0.3 is 5.97 Å². The summed E-state index contributed by atoms with van der Waals surface area (Å²) in [7, 11) is -3.72. The standard InChI is InChI=1S/C11H14ClNO5S/c1-8(11(14)15)18-7-6-13-19(16,17)10-5-3-2-4-9(10)12/h2-5,8,13H,6-7H2,1H3,(H,14,15). The van der Waals surface area contributed by atoms with Crippen LogP contribution in [0.1, 0.15) is 6.92 Å². The average Bonchev–Trinajstić information content (AvgIpc) is 2.34. The molecule has 0 saturated carbocycles. The Balaban J connectivity index is 2.53. The first-order valence-corrected chi connectivity index (χ1v) is 7.29. The molecule has 1 rings (SSSR count). The topological polar surface area (TPSA) is 92.7 Å². The molecule has 2 N–H and O–H groups in total. The lowest BCUT2D eigenvalue weighted by Gasteiger charge is -2.10. The van der Waals surface area contributed by atoms with Gasteiger partial charge in [0.1, 0.15) is 4.90 Å². The number of hydrogen-bond acceptors (Lipinski definition) is 4. The number of carboxylic acid groups (broad SMARTS) is 1. The molecule has 0 saturated heterocycles. The molecule has 0 amide bonds. The maximum atomic E-state index is 11.9. The maximum Gasteiger partial charge on any atom is 0.332 e. The zero-order valence-corrected chi connectivity index (χ0v) is 11.7. The van der Waals surface area contributed by atoms with Crippen LogP contribution in [0.15, 0.2) is 29.2 Å². The van der Waals surface area contributed by atoms with E-state index < -0.39 is 22.1 Å². The van der Waals surface area contributed by atoms with E-state index in [0.717, 1.165) is 0 Å². The van der Waals surface area contributed by atoms with Gasteiger partial charge in [-0.1, -0.05) is 23.7 Å². The Kier molecular flexibility index (Phi) is 5.74. The molecule has 1 aromatic rings. The molecule has 6 nitrogen and oxygen atoms in total. The van der Waals surface area contributed by atoms with Gasteiger partial charge in [0.05, 0.1) is 11.6 Å².